The Morgan fingerprint density at radius 3 is 2.92 bits per heavy atom. The van der Waals surface area contributed by atoms with Gasteiger partial charge in [-0.15, -0.1) is 0 Å². The molecular weight excluding hydrogens is 366 g/mol. The van der Waals surface area contributed by atoms with E-state index in [-0.39, 0.29) is 17.9 Å². The van der Waals surface area contributed by atoms with Gasteiger partial charge in [-0.1, -0.05) is 23.8 Å². The van der Waals surface area contributed by atoms with Crippen LogP contribution in [0.1, 0.15) is 18.4 Å². The van der Waals surface area contributed by atoms with E-state index in [9.17, 15) is 4.79 Å². The van der Waals surface area contributed by atoms with Gasteiger partial charge in [0, 0.05) is 17.9 Å². The van der Waals surface area contributed by atoms with E-state index in [0.717, 1.165) is 36.1 Å². The van der Waals surface area contributed by atoms with Gasteiger partial charge in [0.25, 0.3) is 0 Å². The highest BCUT2D eigenvalue weighted by Gasteiger charge is 2.40. The lowest BCUT2D eigenvalue weighted by Gasteiger charge is -2.19. The van der Waals surface area contributed by atoms with Crippen LogP contribution in [0, 0.1) is 17.8 Å². The first-order valence-electron chi connectivity index (χ1n) is 9.15. The van der Waals surface area contributed by atoms with E-state index in [4.69, 9.17) is 16.3 Å². The number of nitrogens with one attached hydrogen (secondary N) is 1. The number of allylic oxidation sites excluding steroid dienone is 2. The van der Waals surface area contributed by atoms with Gasteiger partial charge >= 0.3 is 0 Å². The maximum atomic E-state index is 12.5. The SMILES string of the molecule is O=C(NCC1Cc2cc(-c3ccsc3)cc(Cl)c2O1)[C@H]1C[C@@H]2C=C[C@H]1C2. The molecule has 5 heteroatoms. The number of ether oxygens (including phenoxy) is 1. The fraction of sp³-hybridized carbons (Fsp3) is 0.381. The van der Waals surface area contributed by atoms with Crippen LogP contribution in [0.25, 0.3) is 11.1 Å². The third-order valence-electron chi connectivity index (χ3n) is 5.83. The fourth-order valence-electron chi connectivity index (χ4n) is 4.52. The molecule has 0 saturated heterocycles. The van der Waals surface area contributed by atoms with Crippen molar-refractivity contribution in [2.24, 2.45) is 17.8 Å². The standard InChI is InChI=1S/C21H20ClNO2S/c22-19-9-15(14-3-4-26-11-14)7-16-8-17(25-20(16)19)10-23-21(24)18-6-12-1-2-13(18)5-12/h1-4,7,9,11-13,17-18H,5-6,8,10H2,(H,23,24)/t12-,13+,17?,18+/m1/s1. The molecule has 2 bridgehead atoms. The van der Waals surface area contributed by atoms with Gasteiger partial charge in [-0.3, -0.25) is 4.79 Å². The molecule has 0 spiro atoms. The number of amides is 1. The molecule has 1 fully saturated rings. The van der Waals surface area contributed by atoms with E-state index >= 15 is 0 Å². The number of halogens is 1. The van der Waals surface area contributed by atoms with Gasteiger partial charge in [0.2, 0.25) is 5.91 Å². The lowest BCUT2D eigenvalue weighted by atomic mass is 9.93. The van der Waals surface area contributed by atoms with Crippen LogP contribution in [0.4, 0.5) is 0 Å². The maximum absolute atomic E-state index is 12.5. The topological polar surface area (TPSA) is 38.3 Å². The average Bonchev–Trinajstić information content (AvgIpc) is 3.43. The molecule has 1 unspecified atom stereocenters. The van der Waals surface area contributed by atoms with Gasteiger partial charge in [0.05, 0.1) is 11.6 Å². The molecule has 0 radical (unpaired) electrons. The van der Waals surface area contributed by atoms with Gasteiger partial charge < -0.3 is 10.1 Å². The van der Waals surface area contributed by atoms with E-state index in [1.807, 2.05) is 6.07 Å². The van der Waals surface area contributed by atoms with Crippen LogP contribution in [0.5, 0.6) is 5.75 Å². The van der Waals surface area contributed by atoms with Crippen LogP contribution in [0.2, 0.25) is 5.02 Å². The van der Waals surface area contributed by atoms with Gasteiger partial charge in [-0.05, 0) is 64.8 Å². The fourth-order valence-corrected chi connectivity index (χ4v) is 5.47. The second kappa shape index (κ2) is 6.43. The number of rotatable bonds is 4. The zero-order chi connectivity index (χ0) is 17.7. The number of carbonyl (C=O) groups is 1. The Kier molecular flexibility index (Phi) is 4.06. The Hall–Kier alpha value is -1.78. The lowest BCUT2D eigenvalue weighted by molar-refractivity contribution is -0.126. The zero-order valence-corrected chi connectivity index (χ0v) is 15.9. The molecule has 134 valence electrons. The van der Waals surface area contributed by atoms with E-state index in [1.54, 1.807) is 11.3 Å². The summed E-state index contributed by atoms with van der Waals surface area (Å²) in [5, 5.41) is 7.94. The second-order valence-electron chi connectivity index (χ2n) is 7.53. The number of benzene rings is 1. The monoisotopic (exact) mass is 385 g/mol. The Morgan fingerprint density at radius 1 is 1.27 bits per heavy atom. The molecule has 1 saturated carbocycles. The summed E-state index contributed by atoms with van der Waals surface area (Å²) in [6, 6.07) is 6.22. The quantitative estimate of drug-likeness (QED) is 0.774. The smallest absolute Gasteiger partial charge is 0.223 e. The molecule has 2 aromatic rings. The summed E-state index contributed by atoms with van der Waals surface area (Å²) in [5.41, 5.74) is 3.43. The second-order valence-corrected chi connectivity index (χ2v) is 8.72. The van der Waals surface area contributed by atoms with Crippen LogP contribution < -0.4 is 10.1 Å². The summed E-state index contributed by atoms with van der Waals surface area (Å²) < 4.78 is 6.03. The van der Waals surface area contributed by atoms with E-state index in [0.29, 0.717) is 23.4 Å². The van der Waals surface area contributed by atoms with Crippen molar-refractivity contribution < 1.29 is 9.53 Å². The molecule has 2 heterocycles. The molecule has 1 N–H and O–H groups in total. The lowest BCUT2D eigenvalue weighted by Crippen LogP contribution is -2.39. The molecular formula is C21H20ClNO2S. The summed E-state index contributed by atoms with van der Waals surface area (Å²) in [4.78, 5) is 12.5. The third-order valence-corrected chi connectivity index (χ3v) is 6.79. The molecule has 26 heavy (non-hydrogen) atoms. The summed E-state index contributed by atoms with van der Waals surface area (Å²) >= 11 is 8.13. The Bertz CT molecular complexity index is 876. The first-order valence-corrected chi connectivity index (χ1v) is 10.5. The van der Waals surface area contributed by atoms with Gasteiger partial charge in [-0.25, -0.2) is 0 Å². The maximum Gasteiger partial charge on any atom is 0.223 e. The van der Waals surface area contributed by atoms with Gasteiger partial charge in [-0.2, -0.15) is 11.3 Å². The number of hydrogen-bond acceptors (Lipinski definition) is 3. The number of carbonyl (C=O) groups excluding carboxylic acids is 1. The highest BCUT2D eigenvalue weighted by molar-refractivity contribution is 7.08. The van der Waals surface area contributed by atoms with Crippen LogP contribution in [0.15, 0.2) is 41.1 Å². The summed E-state index contributed by atoms with van der Waals surface area (Å²) in [6.45, 7) is 0.537. The summed E-state index contributed by atoms with van der Waals surface area (Å²) in [5.74, 6) is 2.13. The van der Waals surface area contributed by atoms with Crippen molar-refractivity contribution in [2.45, 2.75) is 25.4 Å². The van der Waals surface area contributed by atoms with Crippen molar-refractivity contribution in [3.05, 3.63) is 51.7 Å². The third kappa shape index (κ3) is 2.85. The molecule has 1 aliphatic heterocycles. The van der Waals surface area contributed by atoms with E-state index in [2.05, 4.69) is 40.4 Å². The first kappa shape index (κ1) is 16.4. The van der Waals surface area contributed by atoms with Crippen LogP contribution in [-0.4, -0.2) is 18.6 Å². The minimum Gasteiger partial charge on any atom is -0.486 e. The highest BCUT2D eigenvalue weighted by atomic mass is 35.5. The first-order chi connectivity index (χ1) is 12.7. The Labute approximate surface area is 162 Å². The van der Waals surface area contributed by atoms with Crippen LogP contribution in [-0.2, 0) is 11.2 Å². The average molecular weight is 386 g/mol. The molecule has 4 atom stereocenters. The molecule has 3 aliphatic rings. The van der Waals surface area contributed by atoms with Gasteiger partial charge in [0.1, 0.15) is 11.9 Å². The molecule has 1 amide bonds. The van der Waals surface area contributed by atoms with Crippen molar-refractivity contribution in [1.29, 1.82) is 0 Å². The van der Waals surface area contributed by atoms with Crippen molar-refractivity contribution in [2.75, 3.05) is 6.54 Å². The van der Waals surface area contributed by atoms with E-state index < -0.39 is 0 Å². The highest BCUT2D eigenvalue weighted by Crippen LogP contribution is 2.43. The minimum absolute atomic E-state index is 0.0432. The number of hydrogen-bond donors (Lipinski definition) is 1. The van der Waals surface area contributed by atoms with Crippen molar-refractivity contribution in [3.8, 4) is 16.9 Å². The van der Waals surface area contributed by atoms with Gasteiger partial charge in [0.15, 0.2) is 0 Å². The molecule has 1 aromatic heterocycles. The Balaban J connectivity index is 1.24. The zero-order valence-electron chi connectivity index (χ0n) is 14.3. The Morgan fingerprint density at radius 2 is 2.19 bits per heavy atom. The largest absolute Gasteiger partial charge is 0.486 e. The molecule has 3 nitrogen and oxygen atoms in total. The number of thiophene rings is 1. The number of fused-ring (bicyclic) bond motifs is 3. The predicted octanol–water partition coefficient (Wildman–Crippen LogP) is 4.70. The van der Waals surface area contributed by atoms with Crippen molar-refractivity contribution >= 4 is 28.8 Å². The summed E-state index contributed by atoms with van der Waals surface area (Å²) in [6.07, 6.45) is 7.35. The summed E-state index contributed by atoms with van der Waals surface area (Å²) in [7, 11) is 0. The molecule has 5 rings (SSSR count). The minimum atomic E-state index is -0.0432. The van der Waals surface area contributed by atoms with Crippen molar-refractivity contribution in [3.63, 3.8) is 0 Å². The molecule has 1 aromatic carbocycles. The van der Waals surface area contributed by atoms with E-state index in [1.165, 1.54) is 5.56 Å². The van der Waals surface area contributed by atoms with Crippen LogP contribution in [0.3, 0.4) is 0 Å². The predicted molar refractivity (Wildman–Crippen MR) is 105 cm³/mol. The normalized spacial score (nSPS) is 28.2. The van der Waals surface area contributed by atoms with Crippen LogP contribution >= 0.6 is 22.9 Å². The van der Waals surface area contributed by atoms with Crippen molar-refractivity contribution in [1.82, 2.24) is 5.32 Å². The molecule has 2 aliphatic carbocycles.